The average Bonchev–Trinajstić information content (AvgIpc) is 2.98. The van der Waals surface area contributed by atoms with Gasteiger partial charge in [-0.05, 0) is 11.6 Å². The maximum atomic E-state index is 9.46. The van der Waals surface area contributed by atoms with E-state index in [9.17, 15) is 5.11 Å². The maximum Gasteiger partial charge on any atom is 0.218 e. The zero-order valence-corrected chi connectivity index (χ0v) is 10.6. The van der Waals surface area contributed by atoms with E-state index in [0.717, 1.165) is 5.56 Å². The minimum atomic E-state index is -0.689. The zero-order chi connectivity index (χ0) is 13.5. The minimum Gasteiger partial charge on any atom is -0.475 e. The molecule has 1 heterocycles. The Bertz CT molecular complexity index is 445. The molecule has 1 atom stereocenters. The first-order valence-electron chi connectivity index (χ1n) is 6.16. The first-order valence-corrected chi connectivity index (χ1v) is 6.16. The fraction of sp³-hybridized carbons (Fsp3) is 0.286. The largest absolute Gasteiger partial charge is 0.475 e. The Hall–Kier alpha value is -1.82. The van der Waals surface area contributed by atoms with Crippen LogP contribution in [0.15, 0.2) is 48.5 Å². The summed E-state index contributed by atoms with van der Waals surface area (Å²) in [4.78, 5) is 5.37. The lowest BCUT2D eigenvalue weighted by atomic mass is 10.2. The molecule has 1 unspecified atom stereocenters. The highest BCUT2D eigenvalue weighted by molar-refractivity contribution is 5.50. The molecule has 1 aromatic carbocycles. The number of ether oxygens (including phenoxy) is 1. The number of aliphatic hydroxyl groups is 1. The highest BCUT2D eigenvalue weighted by Crippen LogP contribution is 2.16. The van der Waals surface area contributed by atoms with Gasteiger partial charge in [-0.3, -0.25) is 4.84 Å². The number of hydrogen-bond donors (Lipinski definition) is 2. The van der Waals surface area contributed by atoms with Crippen molar-refractivity contribution in [3.63, 3.8) is 0 Å². The molecular formula is C14H18N2O3. The van der Waals surface area contributed by atoms with Crippen molar-refractivity contribution < 1.29 is 14.7 Å². The van der Waals surface area contributed by atoms with E-state index in [1.165, 1.54) is 5.06 Å². The van der Waals surface area contributed by atoms with Gasteiger partial charge in [-0.25, -0.2) is 0 Å². The lowest BCUT2D eigenvalue weighted by molar-refractivity contribution is -0.108. The number of aliphatic hydroxyl groups excluding tert-OH is 1. The van der Waals surface area contributed by atoms with Crippen LogP contribution >= 0.6 is 0 Å². The van der Waals surface area contributed by atoms with Crippen LogP contribution in [-0.4, -0.2) is 36.0 Å². The Morgan fingerprint density at radius 1 is 1.47 bits per heavy atom. The molecule has 0 fully saturated rings. The van der Waals surface area contributed by atoms with Gasteiger partial charge in [0.05, 0.1) is 6.61 Å². The third-order valence-electron chi connectivity index (χ3n) is 2.55. The molecule has 5 nitrogen and oxygen atoms in total. The van der Waals surface area contributed by atoms with E-state index in [-0.39, 0.29) is 13.2 Å². The predicted molar refractivity (Wildman–Crippen MR) is 72.4 cm³/mol. The number of rotatable bonds is 6. The van der Waals surface area contributed by atoms with Crippen LogP contribution in [0.5, 0.6) is 0 Å². The molecule has 0 saturated heterocycles. The van der Waals surface area contributed by atoms with Crippen LogP contribution in [0.1, 0.15) is 5.56 Å². The van der Waals surface area contributed by atoms with Crippen molar-refractivity contribution in [1.82, 2.24) is 5.06 Å². The van der Waals surface area contributed by atoms with Gasteiger partial charge in [-0.15, -0.1) is 0 Å². The molecule has 0 aromatic heterocycles. The number of hydroxylamine groups is 2. The van der Waals surface area contributed by atoms with E-state index in [4.69, 9.17) is 15.3 Å². The van der Waals surface area contributed by atoms with Crippen molar-refractivity contribution in [2.24, 2.45) is 5.73 Å². The van der Waals surface area contributed by atoms with Gasteiger partial charge in [0.1, 0.15) is 12.7 Å². The maximum absolute atomic E-state index is 9.46. The van der Waals surface area contributed by atoms with Gasteiger partial charge >= 0.3 is 0 Å². The highest BCUT2D eigenvalue weighted by atomic mass is 16.7. The molecule has 3 N–H and O–H groups in total. The summed E-state index contributed by atoms with van der Waals surface area (Å²) >= 11 is 0. The lowest BCUT2D eigenvalue weighted by Gasteiger charge is -2.20. The summed E-state index contributed by atoms with van der Waals surface area (Å²) in [6.45, 7) is 0.799. The van der Waals surface area contributed by atoms with Gasteiger partial charge in [0.15, 0.2) is 0 Å². The third-order valence-corrected chi connectivity index (χ3v) is 2.55. The molecule has 19 heavy (non-hydrogen) atoms. The standard InChI is InChI=1S/C14H18N2O3/c15-10-13(17)11-18-14(16-7-4-8-19-16)9-12-5-2-1-3-6-12/h1-7,9,13,17H,8,10-11,15H2. The molecule has 0 radical (unpaired) electrons. The van der Waals surface area contributed by atoms with Crippen LogP contribution in [0.2, 0.25) is 0 Å². The molecule has 0 bridgehead atoms. The highest BCUT2D eigenvalue weighted by Gasteiger charge is 2.14. The summed E-state index contributed by atoms with van der Waals surface area (Å²) < 4.78 is 5.56. The second-order valence-electron chi connectivity index (χ2n) is 4.10. The molecule has 5 heteroatoms. The summed E-state index contributed by atoms with van der Waals surface area (Å²) in [6.07, 6.45) is 4.81. The van der Waals surface area contributed by atoms with Gasteiger partial charge in [0.2, 0.25) is 5.88 Å². The van der Waals surface area contributed by atoms with Crippen LogP contribution in [0, 0.1) is 0 Å². The zero-order valence-electron chi connectivity index (χ0n) is 10.6. The quantitative estimate of drug-likeness (QED) is 0.751. The van der Waals surface area contributed by atoms with Crippen molar-refractivity contribution in [3.8, 4) is 0 Å². The van der Waals surface area contributed by atoms with Crippen molar-refractivity contribution in [2.45, 2.75) is 6.10 Å². The molecule has 1 aliphatic rings. The minimum absolute atomic E-state index is 0.128. The average molecular weight is 262 g/mol. The Labute approximate surface area is 112 Å². The number of hydrogen-bond acceptors (Lipinski definition) is 5. The van der Waals surface area contributed by atoms with Gasteiger partial charge < -0.3 is 15.6 Å². The van der Waals surface area contributed by atoms with Crippen molar-refractivity contribution in [2.75, 3.05) is 19.8 Å². The normalized spacial score (nSPS) is 16.7. The molecule has 0 amide bonds. The Morgan fingerprint density at radius 3 is 2.89 bits per heavy atom. The number of benzene rings is 1. The van der Waals surface area contributed by atoms with E-state index in [0.29, 0.717) is 12.5 Å². The van der Waals surface area contributed by atoms with E-state index in [1.807, 2.05) is 42.5 Å². The second kappa shape index (κ2) is 6.94. The summed E-state index contributed by atoms with van der Waals surface area (Å²) in [7, 11) is 0. The predicted octanol–water partition coefficient (Wildman–Crippen LogP) is 1.08. The number of nitrogens with two attached hydrogens (primary N) is 1. The van der Waals surface area contributed by atoms with Gasteiger partial charge in [0.25, 0.3) is 0 Å². The third kappa shape index (κ3) is 4.10. The molecule has 0 spiro atoms. The Balaban J connectivity index is 2.09. The smallest absolute Gasteiger partial charge is 0.218 e. The Kier molecular flexibility index (Phi) is 4.97. The monoisotopic (exact) mass is 262 g/mol. The van der Waals surface area contributed by atoms with Crippen LogP contribution in [0.25, 0.3) is 6.08 Å². The van der Waals surface area contributed by atoms with E-state index >= 15 is 0 Å². The van der Waals surface area contributed by atoms with Gasteiger partial charge in [0, 0.05) is 18.8 Å². The van der Waals surface area contributed by atoms with Gasteiger partial charge in [-0.2, -0.15) is 5.06 Å². The molecule has 0 aliphatic carbocycles. The summed E-state index contributed by atoms with van der Waals surface area (Å²) in [5, 5.41) is 11.0. The van der Waals surface area contributed by atoms with Crippen molar-refractivity contribution >= 4 is 6.08 Å². The number of nitrogens with zero attached hydrogens (tertiary/aromatic N) is 1. The van der Waals surface area contributed by atoms with E-state index in [2.05, 4.69) is 0 Å². The van der Waals surface area contributed by atoms with E-state index in [1.54, 1.807) is 6.20 Å². The molecule has 1 aliphatic heterocycles. The fourth-order valence-corrected chi connectivity index (χ4v) is 1.55. The molecular weight excluding hydrogens is 244 g/mol. The molecule has 2 rings (SSSR count). The van der Waals surface area contributed by atoms with Crippen LogP contribution in [-0.2, 0) is 9.57 Å². The fourth-order valence-electron chi connectivity index (χ4n) is 1.55. The van der Waals surface area contributed by atoms with E-state index < -0.39 is 6.10 Å². The topological polar surface area (TPSA) is 68.0 Å². The second-order valence-corrected chi connectivity index (χ2v) is 4.10. The summed E-state index contributed by atoms with van der Waals surface area (Å²) in [6, 6.07) is 9.75. The molecule has 102 valence electrons. The lowest BCUT2D eigenvalue weighted by Crippen LogP contribution is -2.27. The SMILES string of the molecule is NCC(O)COC(=Cc1ccccc1)N1C=CCO1. The summed E-state index contributed by atoms with van der Waals surface area (Å²) in [5.74, 6) is 0.521. The molecule has 1 aromatic rings. The van der Waals surface area contributed by atoms with Crippen LogP contribution in [0.4, 0.5) is 0 Å². The Morgan fingerprint density at radius 2 is 2.26 bits per heavy atom. The first-order chi connectivity index (χ1) is 9.29. The van der Waals surface area contributed by atoms with Crippen LogP contribution in [0.3, 0.4) is 0 Å². The molecule has 0 saturated carbocycles. The first kappa shape index (κ1) is 13.6. The van der Waals surface area contributed by atoms with Crippen LogP contribution < -0.4 is 5.73 Å². The summed E-state index contributed by atoms with van der Waals surface area (Å²) in [5.41, 5.74) is 6.35. The van der Waals surface area contributed by atoms with Gasteiger partial charge in [-0.1, -0.05) is 30.3 Å². The van der Waals surface area contributed by atoms with Crippen molar-refractivity contribution in [3.05, 3.63) is 54.1 Å². The van der Waals surface area contributed by atoms with Crippen molar-refractivity contribution in [1.29, 1.82) is 0 Å².